The van der Waals surface area contributed by atoms with Crippen molar-refractivity contribution in [3.63, 3.8) is 0 Å². The van der Waals surface area contributed by atoms with Gasteiger partial charge in [-0.3, -0.25) is 9.59 Å². The number of hydrogen-bond donors (Lipinski definition) is 1. The Morgan fingerprint density at radius 2 is 1.91 bits per heavy atom. The number of para-hydroxylation sites is 1. The molecule has 2 aromatic rings. The monoisotopic (exact) mass is 319 g/mol. The summed E-state index contributed by atoms with van der Waals surface area (Å²) >= 11 is 1.48. The van der Waals surface area contributed by atoms with Gasteiger partial charge in [-0.1, -0.05) is 24.3 Å². The number of nitrogens with one attached hydrogen (secondary N) is 1. The predicted octanol–water partition coefficient (Wildman–Crippen LogP) is 2.03. The molecule has 0 saturated carbocycles. The molecule has 0 aliphatic carbocycles. The van der Waals surface area contributed by atoms with Crippen LogP contribution in [-0.4, -0.2) is 31.6 Å². The fraction of sp³-hybridized carbons (Fsp3) is 0.250. The van der Waals surface area contributed by atoms with Gasteiger partial charge in [0.1, 0.15) is 12.4 Å². The van der Waals surface area contributed by atoms with Crippen molar-refractivity contribution in [2.75, 3.05) is 19.8 Å². The fourth-order valence-corrected chi connectivity index (χ4v) is 2.37. The Hall–Kier alpha value is -2.34. The molecule has 0 bridgehead atoms. The first-order chi connectivity index (χ1) is 10.7. The molecule has 0 aliphatic heterocycles. The molecule has 0 saturated heterocycles. The van der Waals surface area contributed by atoms with Crippen LogP contribution in [0.3, 0.4) is 0 Å². The topological polar surface area (TPSA) is 64.6 Å². The van der Waals surface area contributed by atoms with Crippen LogP contribution in [0.4, 0.5) is 0 Å². The molecular weight excluding hydrogens is 302 g/mol. The van der Waals surface area contributed by atoms with Crippen molar-refractivity contribution in [2.24, 2.45) is 0 Å². The summed E-state index contributed by atoms with van der Waals surface area (Å²) in [5.74, 6) is 0.00783. The number of esters is 1. The van der Waals surface area contributed by atoms with Crippen molar-refractivity contribution in [3.8, 4) is 5.75 Å². The molecule has 1 aromatic heterocycles. The molecule has 6 heteroatoms. The van der Waals surface area contributed by atoms with Gasteiger partial charge in [0.2, 0.25) is 0 Å². The minimum atomic E-state index is -0.405. The van der Waals surface area contributed by atoms with E-state index in [2.05, 4.69) is 5.32 Å². The summed E-state index contributed by atoms with van der Waals surface area (Å²) in [6.45, 7) is 0.449. The lowest BCUT2D eigenvalue weighted by molar-refractivity contribution is -0.147. The molecule has 1 heterocycles. The Balaban J connectivity index is 1.55. The Labute approximate surface area is 132 Å². The van der Waals surface area contributed by atoms with E-state index >= 15 is 0 Å². The second kappa shape index (κ2) is 8.84. The van der Waals surface area contributed by atoms with E-state index in [9.17, 15) is 9.59 Å². The molecule has 0 fully saturated rings. The maximum absolute atomic E-state index is 11.5. The third-order valence-electron chi connectivity index (χ3n) is 2.70. The highest BCUT2D eigenvalue weighted by Gasteiger charge is 2.08. The highest BCUT2D eigenvalue weighted by molar-refractivity contribution is 7.10. The summed E-state index contributed by atoms with van der Waals surface area (Å²) in [5, 5.41) is 4.52. The Kier molecular flexibility index (Phi) is 6.44. The van der Waals surface area contributed by atoms with Crippen molar-refractivity contribution < 1.29 is 19.1 Å². The number of hydrogen-bond acceptors (Lipinski definition) is 5. The molecule has 0 spiro atoms. The highest BCUT2D eigenvalue weighted by Crippen LogP contribution is 2.09. The van der Waals surface area contributed by atoms with Gasteiger partial charge in [0.15, 0.2) is 6.61 Å². The zero-order valence-electron chi connectivity index (χ0n) is 12.0. The van der Waals surface area contributed by atoms with Gasteiger partial charge in [0, 0.05) is 4.88 Å². The van der Waals surface area contributed by atoms with Crippen LogP contribution in [0.1, 0.15) is 4.88 Å². The van der Waals surface area contributed by atoms with Crippen molar-refractivity contribution in [3.05, 3.63) is 52.7 Å². The summed E-state index contributed by atoms with van der Waals surface area (Å²) in [4.78, 5) is 23.9. The van der Waals surface area contributed by atoms with Gasteiger partial charge in [-0.05, 0) is 23.6 Å². The number of rotatable bonds is 8. The number of benzene rings is 1. The third kappa shape index (κ3) is 5.97. The Morgan fingerprint density at radius 3 is 2.64 bits per heavy atom. The first kappa shape index (κ1) is 16.0. The summed E-state index contributed by atoms with van der Waals surface area (Å²) in [6, 6.07) is 13.1. The summed E-state index contributed by atoms with van der Waals surface area (Å²) in [5.41, 5.74) is 0. The molecule has 0 radical (unpaired) electrons. The lowest BCUT2D eigenvalue weighted by Crippen LogP contribution is -2.32. The molecule has 116 valence electrons. The first-order valence-electron chi connectivity index (χ1n) is 6.86. The summed E-state index contributed by atoms with van der Waals surface area (Å²) in [7, 11) is 0. The molecule has 0 aliphatic rings. The standard InChI is InChI=1S/C16H17NO4S/c18-15(12-21-16(19)11-14-7-4-10-22-14)17-8-9-20-13-5-2-1-3-6-13/h1-7,10H,8-9,11-12H2,(H,17,18). The van der Waals surface area contributed by atoms with E-state index in [1.54, 1.807) is 0 Å². The van der Waals surface area contributed by atoms with E-state index in [1.165, 1.54) is 11.3 Å². The SMILES string of the molecule is O=C(COC(=O)Cc1cccs1)NCCOc1ccccc1. The van der Waals surface area contributed by atoms with Gasteiger partial charge in [0.25, 0.3) is 5.91 Å². The Morgan fingerprint density at radius 1 is 1.09 bits per heavy atom. The zero-order chi connectivity index (χ0) is 15.6. The minimum absolute atomic E-state index is 0.196. The molecule has 1 aromatic carbocycles. The van der Waals surface area contributed by atoms with E-state index in [0.29, 0.717) is 13.2 Å². The highest BCUT2D eigenvalue weighted by atomic mass is 32.1. The van der Waals surface area contributed by atoms with Crippen molar-refractivity contribution >= 4 is 23.2 Å². The molecule has 1 N–H and O–H groups in total. The van der Waals surface area contributed by atoms with Crippen LogP contribution in [-0.2, 0) is 20.7 Å². The fourth-order valence-electron chi connectivity index (χ4n) is 1.68. The van der Waals surface area contributed by atoms with Crippen LogP contribution in [0.15, 0.2) is 47.8 Å². The number of thiophene rings is 1. The average Bonchev–Trinajstić information content (AvgIpc) is 3.03. The molecule has 2 rings (SSSR count). The van der Waals surface area contributed by atoms with Gasteiger partial charge >= 0.3 is 5.97 Å². The van der Waals surface area contributed by atoms with Crippen molar-refractivity contribution in [1.82, 2.24) is 5.32 Å². The first-order valence-corrected chi connectivity index (χ1v) is 7.74. The number of carbonyl (C=O) groups excluding carboxylic acids is 2. The number of ether oxygens (including phenoxy) is 2. The van der Waals surface area contributed by atoms with Gasteiger partial charge < -0.3 is 14.8 Å². The normalized spacial score (nSPS) is 10.0. The molecule has 1 amide bonds. The summed E-state index contributed by atoms with van der Waals surface area (Å²) < 4.78 is 10.3. The van der Waals surface area contributed by atoms with Gasteiger partial charge in [-0.15, -0.1) is 11.3 Å². The smallest absolute Gasteiger partial charge is 0.311 e. The second-order valence-electron chi connectivity index (χ2n) is 4.43. The zero-order valence-corrected chi connectivity index (χ0v) is 12.8. The molecule has 0 unspecified atom stereocenters. The Bertz CT molecular complexity index is 583. The average molecular weight is 319 g/mol. The molecular formula is C16H17NO4S. The minimum Gasteiger partial charge on any atom is -0.492 e. The van der Waals surface area contributed by atoms with E-state index in [0.717, 1.165) is 10.6 Å². The van der Waals surface area contributed by atoms with E-state index in [4.69, 9.17) is 9.47 Å². The predicted molar refractivity (Wildman–Crippen MR) is 83.9 cm³/mol. The summed E-state index contributed by atoms with van der Waals surface area (Å²) in [6.07, 6.45) is 0.196. The van der Waals surface area contributed by atoms with E-state index in [1.807, 2.05) is 47.8 Å². The van der Waals surface area contributed by atoms with Gasteiger partial charge in [0.05, 0.1) is 13.0 Å². The van der Waals surface area contributed by atoms with Crippen LogP contribution in [0.2, 0.25) is 0 Å². The third-order valence-corrected chi connectivity index (χ3v) is 3.58. The van der Waals surface area contributed by atoms with Crippen LogP contribution in [0, 0.1) is 0 Å². The molecule has 22 heavy (non-hydrogen) atoms. The van der Waals surface area contributed by atoms with Gasteiger partial charge in [-0.2, -0.15) is 0 Å². The van der Waals surface area contributed by atoms with Crippen LogP contribution < -0.4 is 10.1 Å². The maximum atomic E-state index is 11.5. The van der Waals surface area contributed by atoms with E-state index in [-0.39, 0.29) is 18.9 Å². The van der Waals surface area contributed by atoms with Crippen molar-refractivity contribution in [1.29, 1.82) is 0 Å². The van der Waals surface area contributed by atoms with Crippen LogP contribution in [0.25, 0.3) is 0 Å². The maximum Gasteiger partial charge on any atom is 0.311 e. The number of carbonyl (C=O) groups is 2. The van der Waals surface area contributed by atoms with E-state index < -0.39 is 5.97 Å². The van der Waals surface area contributed by atoms with Crippen LogP contribution in [0.5, 0.6) is 5.75 Å². The van der Waals surface area contributed by atoms with Gasteiger partial charge in [-0.25, -0.2) is 0 Å². The largest absolute Gasteiger partial charge is 0.492 e. The molecule has 5 nitrogen and oxygen atoms in total. The van der Waals surface area contributed by atoms with Crippen LogP contribution >= 0.6 is 11.3 Å². The lowest BCUT2D eigenvalue weighted by Gasteiger charge is -2.08. The van der Waals surface area contributed by atoms with Crippen molar-refractivity contribution in [2.45, 2.75) is 6.42 Å². The number of amides is 1. The quantitative estimate of drug-likeness (QED) is 0.597. The second-order valence-corrected chi connectivity index (χ2v) is 5.46. The lowest BCUT2D eigenvalue weighted by atomic mass is 10.3. The molecule has 0 atom stereocenters.